The Morgan fingerprint density at radius 1 is 1.20 bits per heavy atom. The third kappa shape index (κ3) is 5.31. The van der Waals surface area contributed by atoms with Gasteiger partial charge in [0, 0.05) is 17.9 Å². The fraction of sp³-hybridized carbons (Fsp3) is 0.455. The first-order valence-electron chi connectivity index (χ1n) is 10.0. The SMILES string of the molecule is CCOC(=O)c1sc(-c2ccc(OC)c(OC)c2)cc1NC(=O)CCC1CCCO1. The summed E-state index contributed by atoms with van der Waals surface area (Å²) in [5.74, 6) is 0.602. The number of anilines is 1. The van der Waals surface area contributed by atoms with Crippen molar-refractivity contribution < 1.29 is 28.5 Å². The van der Waals surface area contributed by atoms with Crippen molar-refractivity contribution in [3.63, 3.8) is 0 Å². The first-order valence-corrected chi connectivity index (χ1v) is 10.8. The predicted molar refractivity (Wildman–Crippen MR) is 116 cm³/mol. The molecule has 1 fully saturated rings. The highest BCUT2D eigenvalue weighted by Gasteiger charge is 2.22. The Morgan fingerprint density at radius 3 is 2.67 bits per heavy atom. The highest BCUT2D eigenvalue weighted by molar-refractivity contribution is 7.18. The summed E-state index contributed by atoms with van der Waals surface area (Å²) in [5, 5.41) is 2.87. The molecule has 0 radical (unpaired) electrons. The summed E-state index contributed by atoms with van der Waals surface area (Å²) in [4.78, 5) is 26.1. The zero-order valence-corrected chi connectivity index (χ0v) is 18.3. The normalized spacial score (nSPS) is 15.6. The number of esters is 1. The average molecular weight is 434 g/mol. The molecule has 1 amide bonds. The number of ether oxygens (including phenoxy) is 4. The monoisotopic (exact) mass is 433 g/mol. The number of hydrogen-bond donors (Lipinski definition) is 1. The Bertz CT molecular complexity index is 888. The van der Waals surface area contributed by atoms with Crippen LogP contribution in [0.4, 0.5) is 5.69 Å². The second-order valence-electron chi connectivity index (χ2n) is 6.87. The van der Waals surface area contributed by atoms with Crippen LogP contribution in [-0.4, -0.2) is 45.4 Å². The van der Waals surface area contributed by atoms with E-state index in [1.165, 1.54) is 11.3 Å². The lowest BCUT2D eigenvalue weighted by Crippen LogP contribution is -2.16. The molecule has 1 aromatic carbocycles. The Labute approximate surface area is 180 Å². The van der Waals surface area contributed by atoms with Crippen LogP contribution in [0.25, 0.3) is 10.4 Å². The summed E-state index contributed by atoms with van der Waals surface area (Å²) in [5.41, 5.74) is 1.31. The fourth-order valence-corrected chi connectivity index (χ4v) is 4.34. The van der Waals surface area contributed by atoms with E-state index in [0.717, 1.165) is 29.9 Å². The number of carbonyl (C=O) groups excluding carboxylic acids is 2. The van der Waals surface area contributed by atoms with E-state index < -0.39 is 5.97 Å². The van der Waals surface area contributed by atoms with Crippen LogP contribution in [-0.2, 0) is 14.3 Å². The Morgan fingerprint density at radius 2 is 2.00 bits per heavy atom. The summed E-state index contributed by atoms with van der Waals surface area (Å²) in [7, 11) is 3.14. The van der Waals surface area contributed by atoms with Crippen LogP contribution in [0.15, 0.2) is 24.3 Å². The molecular weight excluding hydrogens is 406 g/mol. The molecule has 1 aromatic heterocycles. The van der Waals surface area contributed by atoms with Crippen molar-refractivity contribution >= 4 is 28.9 Å². The largest absolute Gasteiger partial charge is 0.493 e. The second-order valence-corrected chi connectivity index (χ2v) is 7.92. The van der Waals surface area contributed by atoms with E-state index in [0.29, 0.717) is 34.9 Å². The van der Waals surface area contributed by atoms with E-state index in [9.17, 15) is 9.59 Å². The molecular formula is C22H27NO6S. The molecule has 0 aliphatic carbocycles. The maximum absolute atomic E-state index is 12.5. The van der Waals surface area contributed by atoms with Gasteiger partial charge >= 0.3 is 5.97 Å². The van der Waals surface area contributed by atoms with Crippen LogP contribution in [0.1, 0.15) is 42.3 Å². The molecule has 1 unspecified atom stereocenters. The topological polar surface area (TPSA) is 83.1 Å². The molecule has 1 aliphatic heterocycles. The molecule has 2 heterocycles. The summed E-state index contributed by atoms with van der Waals surface area (Å²) in [6.45, 7) is 2.77. The van der Waals surface area contributed by atoms with Gasteiger partial charge in [0.1, 0.15) is 4.88 Å². The van der Waals surface area contributed by atoms with Gasteiger partial charge in [-0.2, -0.15) is 0 Å². The van der Waals surface area contributed by atoms with E-state index in [-0.39, 0.29) is 18.6 Å². The number of thiophene rings is 1. The maximum Gasteiger partial charge on any atom is 0.350 e. The quantitative estimate of drug-likeness (QED) is 0.586. The zero-order valence-electron chi connectivity index (χ0n) is 17.5. The lowest BCUT2D eigenvalue weighted by atomic mass is 10.1. The van der Waals surface area contributed by atoms with Gasteiger partial charge in [-0.25, -0.2) is 4.79 Å². The van der Waals surface area contributed by atoms with Crippen molar-refractivity contribution in [2.75, 3.05) is 32.8 Å². The second kappa shape index (κ2) is 10.4. The molecule has 30 heavy (non-hydrogen) atoms. The van der Waals surface area contributed by atoms with Crippen molar-refractivity contribution in [2.45, 2.75) is 38.7 Å². The molecule has 0 saturated carbocycles. The average Bonchev–Trinajstić information content (AvgIpc) is 3.42. The van der Waals surface area contributed by atoms with Crippen LogP contribution in [0, 0.1) is 0 Å². The maximum atomic E-state index is 12.5. The van der Waals surface area contributed by atoms with E-state index in [1.807, 2.05) is 12.1 Å². The van der Waals surface area contributed by atoms with Crippen molar-refractivity contribution in [2.24, 2.45) is 0 Å². The van der Waals surface area contributed by atoms with Gasteiger partial charge in [0.25, 0.3) is 0 Å². The third-order valence-corrected chi connectivity index (χ3v) is 6.02. The Balaban J connectivity index is 1.82. The Hall–Kier alpha value is -2.58. The van der Waals surface area contributed by atoms with E-state index in [1.54, 1.807) is 33.3 Å². The number of nitrogens with one attached hydrogen (secondary N) is 1. The number of rotatable bonds is 9. The fourth-order valence-electron chi connectivity index (χ4n) is 3.34. The molecule has 1 atom stereocenters. The minimum absolute atomic E-state index is 0.144. The lowest BCUT2D eigenvalue weighted by molar-refractivity contribution is -0.116. The third-order valence-electron chi connectivity index (χ3n) is 4.85. The number of hydrogen-bond acceptors (Lipinski definition) is 7. The van der Waals surface area contributed by atoms with Gasteiger partial charge in [-0.3, -0.25) is 4.79 Å². The van der Waals surface area contributed by atoms with Crippen molar-refractivity contribution in [3.05, 3.63) is 29.1 Å². The van der Waals surface area contributed by atoms with Gasteiger partial charge in [-0.05, 0) is 56.0 Å². The molecule has 1 aliphatic rings. The van der Waals surface area contributed by atoms with E-state index in [2.05, 4.69) is 5.32 Å². The van der Waals surface area contributed by atoms with Gasteiger partial charge < -0.3 is 24.3 Å². The van der Waals surface area contributed by atoms with E-state index in [4.69, 9.17) is 18.9 Å². The highest BCUT2D eigenvalue weighted by Crippen LogP contribution is 2.39. The molecule has 0 bridgehead atoms. The number of amides is 1. The molecule has 1 N–H and O–H groups in total. The number of benzene rings is 1. The highest BCUT2D eigenvalue weighted by atomic mass is 32.1. The zero-order chi connectivity index (χ0) is 21.5. The summed E-state index contributed by atoms with van der Waals surface area (Å²) in [6.07, 6.45) is 3.19. The number of carbonyl (C=O) groups is 2. The summed E-state index contributed by atoms with van der Waals surface area (Å²) in [6, 6.07) is 7.31. The standard InChI is InChI=1S/C22H27NO6S/c1-4-28-22(25)21-16(23-20(24)10-8-15-6-5-11-29-15)13-19(30-21)14-7-9-17(26-2)18(12-14)27-3/h7,9,12-13,15H,4-6,8,10-11H2,1-3H3,(H,23,24). The van der Waals surface area contributed by atoms with Crippen molar-refractivity contribution in [3.8, 4) is 21.9 Å². The van der Waals surface area contributed by atoms with Crippen molar-refractivity contribution in [1.82, 2.24) is 0 Å². The predicted octanol–water partition coefficient (Wildman–Crippen LogP) is 4.51. The molecule has 8 heteroatoms. The van der Waals surface area contributed by atoms with Crippen LogP contribution >= 0.6 is 11.3 Å². The molecule has 1 saturated heterocycles. The molecule has 3 rings (SSSR count). The van der Waals surface area contributed by atoms with Gasteiger partial charge in [0.15, 0.2) is 11.5 Å². The van der Waals surface area contributed by atoms with Crippen molar-refractivity contribution in [1.29, 1.82) is 0 Å². The molecule has 0 spiro atoms. The first kappa shape index (κ1) is 22.1. The molecule has 2 aromatic rings. The summed E-state index contributed by atoms with van der Waals surface area (Å²) >= 11 is 1.27. The minimum atomic E-state index is -0.455. The molecule has 7 nitrogen and oxygen atoms in total. The summed E-state index contributed by atoms with van der Waals surface area (Å²) < 4.78 is 21.4. The lowest BCUT2D eigenvalue weighted by Gasteiger charge is -2.09. The van der Waals surface area contributed by atoms with Gasteiger partial charge in [-0.1, -0.05) is 0 Å². The van der Waals surface area contributed by atoms with E-state index >= 15 is 0 Å². The minimum Gasteiger partial charge on any atom is -0.493 e. The molecule has 162 valence electrons. The van der Waals surface area contributed by atoms with Crippen LogP contribution in [0.3, 0.4) is 0 Å². The van der Waals surface area contributed by atoms with Crippen LogP contribution in [0.5, 0.6) is 11.5 Å². The van der Waals surface area contributed by atoms with Gasteiger partial charge in [0.05, 0.1) is 32.6 Å². The van der Waals surface area contributed by atoms with Crippen LogP contribution < -0.4 is 14.8 Å². The van der Waals surface area contributed by atoms with Gasteiger partial charge in [-0.15, -0.1) is 11.3 Å². The number of methoxy groups -OCH3 is 2. The Kier molecular flexibility index (Phi) is 7.70. The first-order chi connectivity index (χ1) is 14.5. The van der Waals surface area contributed by atoms with Gasteiger partial charge in [0.2, 0.25) is 5.91 Å². The smallest absolute Gasteiger partial charge is 0.350 e. The van der Waals surface area contributed by atoms with Crippen LogP contribution in [0.2, 0.25) is 0 Å².